The van der Waals surface area contributed by atoms with E-state index in [2.05, 4.69) is 26.3 Å². The van der Waals surface area contributed by atoms with Gasteiger partial charge in [0.25, 0.3) is 0 Å². The Morgan fingerprint density at radius 1 is 1.53 bits per heavy atom. The summed E-state index contributed by atoms with van der Waals surface area (Å²) in [5.41, 5.74) is 0.886. The number of halogens is 1. The van der Waals surface area contributed by atoms with Crippen molar-refractivity contribution in [2.75, 3.05) is 12.4 Å². The summed E-state index contributed by atoms with van der Waals surface area (Å²) in [5, 5.41) is 17.9. The summed E-state index contributed by atoms with van der Waals surface area (Å²) in [5.74, 6) is 0. The molecule has 0 spiro atoms. The first-order chi connectivity index (χ1) is 8.13. The van der Waals surface area contributed by atoms with Crippen LogP contribution < -0.4 is 5.32 Å². The van der Waals surface area contributed by atoms with E-state index in [4.69, 9.17) is 0 Å². The summed E-state index contributed by atoms with van der Waals surface area (Å²) >= 11 is 3.26. The van der Waals surface area contributed by atoms with E-state index < -0.39 is 4.92 Å². The fraction of sp³-hybridized carbons (Fsp3) is 0.100. The first kappa shape index (κ1) is 11.6. The Morgan fingerprint density at radius 3 is 2.82 bits per heavy atom. The molecule has 0 radical (unpaired) electrons. The minimum atomic E-state index is -0.420. The van der Waals surface area contributed by atoms with E-state index in [1.165, 1.54) is 4.68 Å². The van der Waals surface area contributed by atoms with Gasteiger partial charge in [0, 0.05) is 13.2 Å². The Bertz CT molecular complexity index is 567. The van der Waals surface area contributed by atoms with Gasteiger partial charge >= 0.3 is 5.69 Å². The highest BCUT2D eigenvalue weighted by molar-refractivity contribution is 9.10. The van der Waals surface area contributed by atoms with Crippen molar-refractivity contribution in [2.45, 2.75) is 0 Å². The molecule has 1 aromatic heterocycles. The van der Waals surface area contributed by atoms with Gasteiger partial charge in [-0.05, 0) is 28.1 Å². The van der Waals surface area contributed by atoms with Crippen LogP contribution in [0.5, 0.6) is 0 Å². The van der Waals surface area contributed by atoms with Gasteiger partial charge in [-0.15, -0.1) is 0 Å². The lowest BCUT2D eigenvalue weighted by Gasteiger charge is -2.06. The zero-order valence-corrected chi connectivity index (χ0v) is 10.5. The van der Waals surface area contributed by atoms with E-state index in [1.54, 1.807) is 37.6 Å². The molecule has 0 fully saturated rings. The van der Waals surface area contributed by atoms with Crippen LogP contribution in [0.25, 0.3) is 5.69 Å². The molecule has 0 aliphatic carbocycles. The lowest BCUT2D eigenvalue weighted by atomic mass is 10.2. The maximum atomic E-state index is 11.1. The zero-order valence-electron chi connectivity index (χ0n) is 8.92. The van der Waals surface area contributed by atoms with Crippen LogP contribution in [0.1, 0.15) is 0 Å². The Morgan fingerprint density at radius 2 is 2.29 bits per heavy atom. The molecule has 2 rings (SSSR count). The predicted octanol–water partition coefficient (Wildman–Crippen LogP) is 2.58. The zero-order chi connectivity index (χ0) is 12.4. The molecule has 0 aliphatic heterocycles. The summed E-state index contributed by atoms with van der Waals surface area (Å²) in [6.07, 6.45) is 3.25. The number of nitrogens with one attached hydrogen (secondary N) is 1. The van der Waals surface area contributed by atoms with E-state index in [9.17, 15) is 10.1 Å². The standard InChI is InChI=1S/C10H9BrN4O2/c1-12-8-3-2-4-9(10(8)15(16)17)14-6-7(11)5-13-14/h2-6,12H,1H3. The van der Waals surface area contributed by atoms with Crippen LogP contribution in [0, 0.1) is 10.1 Å². The lowest BCUT2D eigenvalue weighted by Crippen LogP contribution is -2.03. The number of rotatable bonds is 3. The van der Waals surface area contributed by atoms with Crippen molar-refractivity contribution in [1.29, 1.82) is 0 Å². The first-order valence-corrected chi connectivity index (χ1v) is 5.58. The molecule has 2 aromatic rings. The van der Waals surface area contributed by atoms with E-state index in [0.29, 0.717) is 11.4 Å². The molecule has 7 heteroatoms. The summed E-state index contributed by atoms with van der Waals surface area (Å²) in [6, 6.07) is 5.04. The van der Waals surface area contributed by atoms with Crippen molar-refractivity contribution >= 4 is 27.3 Å². The first-order valence-electron chi connectivity index (χ1n) is 4.79. The lowest BCUT2D eigenvalue weighted by molar-refractivity contribution is -0.383. The van der Waals surface area contributed by atoms with Gasteiger partial charge in [-0.1, -0.05) is 6.07 Å². The van der Waals surface area contributed by atoms with Crippen LogP contribution in [0.3, 0.4) is 0 Å². The number of anilines is 1. The molecule has 0 aliphatic rings. The summed E-state index contributed by atoms with van der Waals surface area (Å²) in [4.78, 5) is 10.7. The molecular weight excluding hydrogens is 288 g/mol. The van der Waals surface area contributed by atoms with Crippen LogP contribution in [-0.4, -0.2) is 21.8 Å². The van der Waals surface area contributed by atoms with Crippen molar-refractivity contribution < 1.29 is 4.92 Å². The second kappa shape index (κ2) is 4.54. The van der Waals surface area contributed by atoms with Crippen LogP contribution in [-0.2, 0) is 0 Å². The summed E-state index contributed by atoms with van der Waals surface area (Å²) < 4.78 is 2.23. The fourth-order valence-corrected chi connectivity index (χ4v) is 1.83. The van der Waals surface area contributed by atoms with E-state index >= 15 is 0 Å². The third-order valence-corrected chi connectivity index (χ3v) is 2.67. The second-order valence-electron chi connectivity index (χ2n) is 3.28. The topological polar surface area (TPSA) is 73.0 Å². The highest BCUT2D eigenvalue weighted by atomic mass is 79.9. The maximum Gasteiger partial charge on any atom is 0.317 e. The SMILES string of the molecule is CNc1cccc(-n2cc(Br)cn2)c1[N+](=O)[O-]. The third kappa shape index (κ3) is 2.14. The number of para-hydroxylation sites is 1. The number of nitro groups is 1. The number of hydrogen-bond donors (Lipinski definition) is 1. The number of nitrogens with zero attached hydrogens (tertiary/aromatic N) is 3. The number of nitro benzene ring substituents is 1. The van der Waals surface area contributed by atoms with Crippen molar-refractivity contribution in [3.8, 4) is 5.69 Å². The molecule has 1 heterocycles. The molecule has 0 bridgehead atoms. The minimum Gasteiger partial charge on any atom is -0.382 e. The molecule has 1 N–H and O–H groups in total. The average molecular weight is 297 g/mol. The molecule has 17 heavy (non-hydrogen) atoms. The monoisotopic (exact) mass is 296 g/mol. The van der Waals surface area contributed by atoms with Gasteiger partial charge in [0.1, 0.15) is 11.4 Å². The molecule has 0 atom stereocenters. The van der Waals surface area contributed by atoms with Crippen molar-refractivity contribution in [2.24, 2.45) is 0 Å². The predicted molar refractivity (Wildman–Crippen MR) is 67.5 cm³/mol. The van der Waals surface area contributed by atoms with Crippen molar-refractivity contribution in [3.63, 3.8) is 0 Å². The molecular formula is C10H9BrN4O2. The van der Waals surface area contributed by atoms with Crippen LogP contribution in [0.15, 0.2) is 35.1 Å². The van der Waals surface area contributed by atoms with Gasteiger partial charge in [-0.2, -0.15) is 5.10 Å². The van der Waals surface area contributed by atoms with Gasteiger partial charge in [-0.3, -0.25) is 10.1 Å². The third-order valence-electron chi connectivity index (χ3n) is 2.26. The largest absolute Gasteiger partial charge is 0.382 e. The molecule has 0 saturated heterocycles. The Labute approximate surface area is 106 Å². The smallest absolute Gasteiger partial charge is 0.317 e. The number of hydrogen-bond acceptors (Lipinski definition) is 4. The van der Waals surface area contributed by atoms with Crippen molar-refractivity contribution in [1.82, 2.24) is 9.78 Å². The Hall–Kier alpha value is -1.89. The number of aromatic nitrogens is 2. The summed E-state index contributed by atoms with van der Waals surface area (Å²) in [7, 11) is 1.64. The molecule has 0 amide bonds. The molecule has 0 unspecified atom stereocenters. The van der Waals surface area contributed by atoms with Crippen LogP contribution in [0.2, 0.25) is 0 Å². The molecule has 1 aromatic carbocycles. The van der Waals surface area contributed by atoms with E-state index in [1.807, 2.05) is 0 Å². The fourth-order valence-electron chi connectivity index (χ4n) is 1.54. The van der Waals surface area contributed by atoms with Crippen molar-refractivity contribution in [3.05, 3.63) is 45.2 Å². The molecule has 0 saturated carbocycles. The summed E-state index contributed by atoms with van der Waals surface area (Å²) in [6.45, 7) is 0. The number of benzene rings is 1. The van der Waals surface area contributed by atoms with Gasteiger partial charge in [-0.25, -0.2) is 4.68 Å². The van der Waals surface area contributed by atoms with E-state index in [0.717, 1.165) is 4.47 Å². The normalized spacial score (nSPS) is 10.2. The van der Waals surface area contributed by atoms with Gasteiger partial charge < -0.3 is 5.32 Å². The molecule has 88 valence electrons. The second-order valence-corrected chi connectivity index (χ2v) is 4.20. The van der Waals surface area contributed by atoms with Crippen LogP contribution in [0.4, 0.5) is 11.4 Å². The quantitative estimate of drug-likeness (QED) is 0.698. The van der Waals surface area contributed by atoms with E-state index in [-0.39, 0.29) is 5.69 Å². The van der Waals surface area contributed by atoms with Gasteiger partial charge in [0.2, 0.25) is 0 Å². The maximum absolute atomic E-state index is 11.1. The van der Waals surface area contributed by atoms with Crippen LogP contribution >= 0.6 is 15.9 Å². The Balaban J connectivity index is 2.65. The van der Waals surface area contributed by atoms with Gasteiger partial charge in [0.05, 0.1) is 15.6 Å². The molecule has 6 nitrogen and oxygen atoms in total. The average Bonchev–Trinajstić information content (AvgIpc) is 2.74. The Kier molecular flexibility index (Phi) is 3.10. The highest BCUT2D eigenvalue weighted by Crippen LogP contribution is 2.31. The van der Waals surface area contributed by atoms with Gasteiger partial charge in [0.15, 0.2) is 0 Å². The highest BCUT2D eigenvalue weighted by Gasteiger charge is 2.20. The minimum absolute atomic E-state index is 0.00519.